The molecule has 0 aliphatic rings. The van der Waals surface area contributed by atoms with Crippen LogP contribution in [0.4, 0.5) is 0 Å². The van der Waals surface area contributed by atoms with Gasteiger partial charge >= 0.3 is 0 Å². The Morgan fingerprint density at radius 2 is 1.88 bits per heavy atom. The van der Waals surface area contributed by atoms with Gasteiger partial charge in [-0.05, 0) is 81.1 Å². The van der Waals surface area contributed by atoms with Gasteiger partial charge in [0.2, 0.25) is 0 Å². The van der Waals surface area contributed by atoms with E-state index in [9.17, 15) is 4.79 Å². The molecule has 5 nitrogen and oxygen atoms in total. The maximum atomic E-state index is 13.2. The summed E-state index contributed by atoms with van der Waals surface area (Å²) in [5, 5.41) is 2.92. The summed E-state index contributed by atoms with van der Waals surface area (Å²) in [5.41, 5.74) is 5.09. The van der Waals surface area contributed by atoms with Crippen molar-refractivity contribution < 1.29 is 14.3 Å². The van der Waals surface area contributed by atoms with E-state index in [-0.39, 0.29) is 11.9 Å². The van der Waals surface area contributed by atoms with Crippen LogP contribution in [0.3, 0.4) is 0 Å². The summed E-state index contributed by atoms with van der Waals surface area (Å²) in [5.74, 6) is 1.63. The highest BCUT2D eigenvalue weighted by Gasteiger charge is 2.22. The van der Waals surface area contributed by atoms with Gasteiger partial charge in [0.15, 0.2) is 0 Å². The Morgan fingerprint density at radius 3 is 2.53 bits per heavy atom. The van der Waals surface area contributed by atoms with E-state index < -0.39 is 0 Å². The average Bonchev–Trinajstić information content (AvgIpc) is 3.25. The third kappa shape index (κ3) is 5.68. The second-order valence-electron chi connectivity index (χ2n) is 8.15. The molecule has 0 saturated heterocycles. The van der Waals surface area contributed by atoms with Crippen molar-refractivity contribution in [1.29, 1.82) is 0 Å². The topological polar surface area (TPSA) is 51.7 Å². The third-order valence-corrected chi connectivity index (χ3v) is 6.64. The molecule has 2 aromatic carbocycles. The van der Waals surface area contributed by atoms with Crippen LogP contribution in [-0.2, 0) is 13.2 Å². The first-order valence-electron chi connectivity index (χ1n) is 10.9. The third-order valence-electron chi connectivity index (χ3n) is 5.77. The summed E-state index contributed by atoms with van der Waals surface area (Å²) < 4.78 is 11.3. The normalized spacial score (nSPS) is 11.8. The molecule has 3 rings (SSSR count). The Labute approximate surface area is 195 Å². The largest absolute Gasteiger partial charge is 0.497 e. The highest BCUT2D eigenvalue weighted by molar-refractivity contribution is 7.09. The zero-order valence-corrected chi connectivity index (χ0v) is 20.6. The summed E-state index contributed by atoms with van der Waals surface area (Å²) in [6, 6.07) is 11.6. The lowest BCUT2D eigenvalue weighted by atomic mass is 10.1. The van der Waals surface area contributed by atoms with Gasteiger partial charge in [0.25, 0.3) is 5.91 Å². The Bertz CT molecular complexity index is 1060. The smallest absolute Gasteiger partial charge is 0.254 e. The number of aromatic nitrogens is 1. The van der Waals surface area contributed by atoms with Crippen molar-refractivity contribution in [3.05, 3.63) is 74.7 Å². The zero-order chi connectivity index (χ0) is 23.3. The lowest BCUT2D eigenvalue weighted by Gasteiger charge is -2.28. The van der Waals surface area contributed by atoms with Crippen molar-refractivity contribution in [2.24, 2.45) is 0 Å². The van der Waals surface area contributed by atoms with Gasteiger partial charge in [-0.15, -0.1) is 11.3 Å². The number of ether oxygens (including phenoxy) is 2. The molecular weight excluding hydrogens is 420 g/mol. The Morgan fingerprint density at radius 1 is 1.16 bits per heavy atom. The standard InChI is InChI=1S/C26H32N2O3S/c1-7-19(4)28(26(29)21-8-10-23(30-6)11-9-21)14-22-16-32-25(27-22)15-31-24-13-17(2)12-18(3)20(24)5/h8-13,16,19H,7,14-15H2,1-6H3/t19-/m0/s1. The molecule has 0 bridgehead atoms. The Kier molecular flexibility index (Phi) is 7.91. The second-order valence-corrected chi connectivity index (χ2v) is 9.09. The summed E-state index contributed by atoms with van der Waals surface area (Å²) in [6.07, 6.45) is 0.869. The molecule has 0 aliphatic heterocycles. The predicted octanol–water partition coefficient (Wildman–Crippen LogP) is 6.10. The van der Waals surface area contributed by atoms with Crippen molar-refractivity contribution in [2.75, 3.05) is 7.11 Å². The van der Waals surface area contributed by atoms with Crippen molar-refractivity contribution in [3.8, 4) is 11.5 Å². The van der Waals surface area contributed by atoms with Crippen LogP contribution in [0.2, 0.25) is 0 Å². The lowest BCUT2D eigenvalue weighted by molar-refractivity contribution is 0.0669. The van der Waals surface area contributed by atoms with Crippen molar-refractivity contribution >= 4 is 17.2 Å². The average molecular weight is 453 g/mol. The number of benzene rings is 2. The number of amides is 1. The van der Waals surface area contributed by atoms with Crippen LogP contribution >= 0.6 is 11.3 Å². The fraction of sp³-hybridized carbons (Fsp3) is 0.385. The van der Waals surface area contributed by atoms with Crippen molar-refractivity contribution in [2.45, 2.75) is 60.2 Å². The zero-order valence-electron chi connectivity index (χ0n) is 19.8. The number of hydrogen-bond donors (Lipinski definition) is 0. The molecule has 0 fully saturated rings. The maximum absolute atomic E-state index is 13.2. The summed E-state index contributed by atoms with van der Waals surface area (Å²) in [4.78, 5) is 19.8. The van der Waals surface area contributed by atoms with Crippen LogP contribution in [0.15, 0.2) is 41.8 Å². The van der Waals surface area contributed by atoms with Gasteiger partial charge in [-0.3, -0.25) is 4.79 Å². The second kappa shape index (κ2) is 10.6. The van der Waals surface area contributed by atoms with Gasteiger partial charge in [-0.1, -0.05) is 13.0 Å². The van der Waals surface area contributed by atoms with Crippen LogP contribution in [0, 0.1) is 20.8 Å². The van der Waals surface area contributed by atoms with E-state index in [4.69, 9.17) is 14.5 Å². The molecule has 3 aromatic rings. The summed E-state index contributed by atoms with van der Waals surface area (Å²) in [7, 11) is 1.62. The Balaban J connectivity index is 1.71. The molecule has 0 saturated carbocycles. The summed E-state index contributed by atoms with van der Waals surface area (Å²) in [6.45, 7) is 11.3. The highest BCUT2D eigenvalue weighted by atomic mass is 32.1. The number of methoxy groups -OCH3 is 1. The first-order valence-corrected chi connectivity index (χ1v) is 11.8. The van der Waals surface area contributed by atoms with Crippen molar-refractivity contribution in [1.82, 2.24) is 9.88 Å². The molecule has 0 spiro atoms. The van der Waals surface area contributed by atoms with Gasteiger partial charge in [-0.2, -0.15) is 0 Å². The molecule has 0 N–H and O–H groups in total. The number of aryl methyl sites for hydroxylation is 2. The molecule has 170 valence electrons. The lowest BCUT2D eigenvalue weighted by Crippen LogP contribution is -2.37. The van der Waals surface area contributed by atoms with Crippen LogP contribution < -0.4 is 9.47 Å². The van der Waals surface area contributed by atoms with Crippen LogP contribution in [0.1, 0.15) is 58.0 Å². The molecule has 1 heterocycles. The number of thiazole rings is 1. The molecule has 0 unspecified atom stereocenters. The maximum Gasteiger partial charge on any atom is 0.254 e. The fourth-order valence-corrected chi connectivity index (χ4v) is 4.20. The Hall–Kier alpha value is -2.86. The molecule has 0 aliphatic carbocycles. The quantitative estimate of drug-likeness (QED) is 0.394. The molecular formula is C26H32N2O3S. The molecule has 1 amide bonds. The predicted molar refractivity (Wildman–Crippen MR) is 130 cm³/mol. The van der Waals surface area contributed by atoms with Gasteiger partial charge in [0.1, 0.15) is 23.1 Å². The van der Waals surface area contributed by atoms with E-state index in [2.05, 4.69) is 46.8 Å². The first-order chi connectivity index (χ1) is 15.3. The molecule has 6 heteroatoms. The highest BCUT2D eigenvalue weighted by Crippen LogP contribution is 2.25. The summed E-state index contributed by atoms with van der Waals surface area (Å²) >= 11 is 1.57. The van der Waals surface area contributed by atoms with Gasteiger partial charge in [0, 0.05) is 17.0 Å². The minimum absolute atomic E-state index is 0.00124. The number of nitrogens with zero attached hydrogens (tertiary/aromatic N) is 2. The van der Waals surface area contributed by atoms with E-state index in [0.29, 0.717) is 18.7 Å². The van der Waals surface area contributed by atoms with Gasteiger partial charge in [-0.25, -0.2) is 4.98 Å². The van der Waals surface area contributed by atoms with Gasteiger partial charge in [0.05, 0.1) is 19.3 Å². The van der Waals surface area contributed by atoms with Gasteiger partial charge < -0.3 is 14.4 Å². The van der Waals surface area contributed by atoms with E-state index >= 15 is 0 Å². The minimum Gasteiger partial charge on any atom is -0.497 e. The first kappa shape index (κ1) is 23.8. The van der Waals surface area contributed by atoms with Crippen molar-refractivity contribution in [3.63, 3.8) is 0 Å². The van der Waals surface area contributed by atoms with Crippen LogP contribution in [0.25, 0.3) is 0 Å². The molecule has 1 aromatic heterocycles. The van der Waals surface area contributed by atoms with E-state index in [1.54, 1.807) is 18.4 Å². The van der Waals surface area contributed by atoms with Crippen LogP contribution in [-0.4, -0.2) is 28.9 Å². The van der Waals surface area contributed by atoms with E-state index in [0.717, 1.165) is 34.2 Å². The van der Waals surface area contributed by atoms with E-state index in [1.807, 2.05) is 34.5 Å². The number of hydrogen-bond acceptors (Lipinski definition) is 5. The molecule has 1 atom stereocenters. The minimum atomic E-state index is -0.00124. The van der Waals surface area contributed by atoms with E-state index in [1.165, 1.54) is 11.1 Å². The number of carbonyl (C=O) groups is 1. The SMILES string of the molecule is CC[C@H](C)N(Cc1csc(COc2cc(C)cc(C)c2C)n1)C(=O)c1ccc(OC)cc1. The monoisotopic (exact) mass is 452 g/mol. The number of rotatable bonds is 9. The fourth-order valence-electron chi connectivity index (χ4n) is 3.50. The molecule has 32 heavy (non-hydrogen) atoms. The van der Waals surface area contributed by atoms with Crippen LogP contribution in [0.5, 0.6) is 11.5 Å². The molecule has 0 radical (unpaired) electrons. The number of carbonyl (C=O) groups excluding carboxylic acids is 1.